The summed E-state index contributed by atoms with van der Waals surface area (Å²) in [6.07, 6.45) is -8.88. The zero-order valence-electron chi connectivity index (χ0n) is 23.2. The summed E-state index contributed by atoms with van der Waals surface area (Å²) in [6, 6.07) is 0. The molecule has 3 saturated heterocycles. The summed E-state index contributed by atoms with van der Waals surface area (Å²) in [7, 11) is 0. The van der Waals surface area contributed by atoms with Crippen molar-refractivity contribution in [1.29, 1.82) is 0 Å². The molecule has 4 aromatic heterocycles. The predicted octanol–water partition coefficient (Wildman–Crippen LogP) is -1.65. The van der Waals surface area contributed by atoms with E-state index in [4.69, 9.17) is 57.4 Å². The number of aromatic nitrogens is 8. The average Bonchev–Trinajstić information content (AvgIpc) is 3.72. The Morgan fingerprint density at radius 1 is 0.935 bits per heavy atom. The molecule has 0 radical (unpaired) electrons. The van der Waals surface area contributed by atoms with Crippen molar-refractivity contribution >= 4 is 65.8 Å². The summed E-state index contributed by atoms with van der Waals surface area (Å²) in [5, 5.41) is 22.5. The summed E-state index contributed by atoms with van der Waals surface area (Å²) in [4.78, 5) is 56.8. The molecule has 3 aliphatic rings. The number of nitrogens with two attached hydrogens (primary N) is 1. The van der Waals surface area contributed by atoms with Crippen LogP contribution in [-0.4, -0.2) is 104 Å². The van der Waals surface area contributed by atoms with Crippen LogP contribution in [0.5, 0.6) is 0 Å². The molecule has 7 rings (SSSR count). The third-order valence-corrected chi connectivity index (χ3v) is 10.6. The Kier molecular flexibility index (Phi) is 7.99. The zero-order valence-corrected chi connectivity index (χ0v) is 26.6. The van der Waals surface area contributed by atoms with Gasteiger partial charge in [-0.25, -0.2) is 15.0 Å². The number of nitrogen functional groups attached to an aromatic ring is 1. The number of nitrogens with one attached hydrogen (secondary N) is 2. The van der Waals surface area contributed by atoms with Gasteiger partial charge in [-0.3, -0.25) is 32.8 Å². The summed E-state index contributed by atoms with van der Waals surface area (Å²) in [5.41, 5.74) is 4.44. The van der Waals surface area contributed by atoms with Gasteiger partial charge in [-0.1, -0.05) is 0 Å². The first-order valence-electron chi connectivity index (χ1n) is 13.3. The Morgan fingerprint density at radius 3 is 2.07 bits per heavy atom. The fourth-order valence-electron chi connectivity index (χ4n) is 5.47. The lowest BCUT2D eigenvalue weighted by molar-refractivity contribution is -0.0577. The Hall–Kier alpha value is -2.63. The van der Waals surface area contributed by atoms with Crippen LogP contribution in [0.1, 0.15) is 18.3 Å². The maximum absolute atomic E-state index is 13.4. The van der Waals surface area contributed by atoms with E-state index in [9.17, 15) is 29.3 Å². The number of fused-ring (bicyclic) bond motifs is 4. The minimum Gasteiger partial charge on any atom is -0.660 e. The quantitative estimate of drug-likeness (QED) is 0.0999. The first-order valence-corrected chi connectivity index (χ1v) is 18.5. The van der Waals surface area contributed by atoms with E-state index >= 15 is 0 Å². The largest absolute Gasteiger partial charge is 0.660 e. The minimum absolute atomic E-state index is 0.0286. The molecule has 7 N–H and O–H groups in total. The smallest absolute Gasteiger partial charge is 0.325 e. The van der Waals surface area contributed by atoms with Gasteiger partial charge in [0.2, 0.25) is 5.95 Å². The highest BCUT2D eigenvalue weighted by Crippen LogP contribution is 2.54. The number of anilines is 1. The molecule has 0 aromatic carbocycles. The number of H-pyrrole nitrogens is 2. The number of aliphatic hydroxyl groups excluding tert-OH is 2. The standard InChI is InChI=1S/C21H25N9O12P2S2/c1-6-25-15-9(17(33)26-6)23-4-29(15)19-11(31)13-7(39-19)2-37-44(36,46)42-14-8(3-38-43(35,45)41-13)40-20(12(14)32)30-5-24-10-16(30)27-21(22)28-18(10)34/h4-5,7-8,11-14,19-20,31-32H,2-3H2,1H3,(H,35,45)(H,36,46)(H,25,26,33)(H3,22,27,28,34)/p-1/t7-,8-,11-,12-,13-,14-,19-,20-,43?,44?/m1/s1. The normalized spacial score (nSPS) is 37.2. The van der Waals surface area contributed by atoms with Crippen LogP contribution in [-0.2, 0) is 56.2 Å². The second-order valence-electron chi connectivity index (χ2n) is 10.5. The Labute approximate surface area is 265 Å². The highest BCUT2D eigenvalue weighted by Gasteiger charge is 2.52. The molecule has 4 aromatic rings. The lowest BCUT2D eigenvalue weighted by atomic mass is 10.1. The number of aryl methyl sites for hydroxylation is 1. The first kappa shape index (κ1) is 31.9. The molecule has 248 valence electrons. The van der Waals surface area contributed by atoms with Gasteiger partial charge in [-0.05, 0) is 18.7 Å². The number of rotatable bonds is 2. The molecular weight excluding hydrogens is 696 g/mol. The number of hydrogen-bond acceptors (Lipinski definition) is 18. The number of aliphatic hydroxyl groups is 2. The molecule has 46 heavy (non-hydrogen) atoms. The lowest BCUT2D eigenvalue weighted by Gasteiger charge is -2.33. The monoisotopic (exact) mass is 720 g/mol. The molecule has 0 aliphatic carbocycles. The minimum atomic E-state index is -4.44. The fraction of sp³-hybridized carbons (Fsp3) is 0.524. The van der Waals surface area contributed by atoms with E-state index in [-0.39, 0.29) is 34.1 Å². The van der Waals surface area contributed by atoms with Crippen molar-refractivity contribution in [2.24, 2.45) is 0 Å². The van der Waals surface area contributed by atoms with Crippen molar-refractivity contribution in [3.63, 3.8) is 0 Å². The van der Waals surface area contributed by atoms with Gasteiger partial charge in [0.15, 0.2) is 41.6 Å². The number of hydrogen-bond donors (Lipinski definition) is 6. The van der Waals surface area contributed by atoms with Gasteiger partial charge in [-0.15, -0.1) is 0 Å². The molecule has 0 spiro atoms. The Morgan fingerprint density at radius 2 is 1.46 bits per heavy atom. The van der Waals surface area contributed by atoms with Crippen molar-refractivity contribution in [3.05, 3.63) is 39.2 Å². The Bertz CT molecular complexity index is 1910. The SMILES string of the molecule is Cc1nc2c(ncn2[C@@H]2O[C@@H]3COP(O)(=S)O[C@H]4[C@@H](O)[C@H](n5cnc6c(=O)[nH]c(N)nc65)O[C@@H]4COP(=O)([S-])O[C@H]3[C@H]2O)c(=O)[nH]1. The number of aromatic amines is 2. The molecule has 0 bridgehead atoms. The van der Waals surface area contributed by atoms with Crippen LogP contribution in [0.25, 0.3) is 22.3 Å². The average molecular weight is 721 g/mol. The van der Waals surface area contributed by atoms with Crippen molar-refractivity contribution in [3.8, 4) is 0 Å². The van der Waals surface area contributed by atoms with E-state index in [1.165, 1.54) is 21.8 Å². The number of nitrogens with zero attached hydrogens (tertiary/aromatic N) is 6. The van der Waals surface area contributed by atoms with Crippen molar-refractivity contribution in [2.45, 2.75) is 56.0 Å². The molecule has 7 heterocycles. The zero-order chi connectivity index (χ0) is 32.7. The van der Waals surface area contributed by atoms with Crippen molar-refractivity contribution in [2.75, 3.05) is 18.9 Å². The van der Waals surface area contributed by atoms with Gasteiger partial charge in [0.25, 0.3) is 11.1 Å². The maximum Gasteiger partial charge on any atom is 0.325 e. The van der Waals surface area contributed by atoms with Crippen LogP contribution in [0.15, 0.2) is 22.2 Å². The van der Waals surface area contributed by atoms with Crippen LogP contribution >= 0.6 is 13.5 Å². The summed E-state index contributed by atoms with van der Waals surface area (Å²) in [5.74, 6) is 0.0478. The van der Waals surface area contributed by atoms with Gasteiger partial charge < -0.3 is 61.1 Å². The summed E-state index contributed by atoms with van der Waals surface area (Å²) >= 11 is 10.3. The number of ether oxygens (including phenoxy) is 2. The highest BCUT2D eigenvalue weighted by atomic mass is 32.7. The lowest BCUT2D eigenvalue weighted by Crippen LogP contribution is -2.39. The molecule has 3 aliphatic heterocycles. The van der Waals surface area contributed by atoms with Gasteiger partial charge in [0.1, 0.15) is 42.4 Å². The van der Waals surface area contributed by atoms with E-state index in [0.717, 1.165) is 0 Å². The van der Waals surface area contributed by atoms with Crippen LogP contribution in [0.2, 0.25) is 0 Å². The van der Waals surface area contributed by atoms with E-state index < -0.39 is 86.9 Å². The first-order chi connectivity index (χ1) is 21.7. The fourth-order valence-corrected chi connectivity index (χ4v) is 8.35. The predicted molar refractivity (Wildman–Crippen MR) is 158 cm³/mol. The van der Waals surface area contributed by atoms with Crippen LogP contribution < -0.4 is 16.9 Å². The molecule has 0 amide bonds. The summed E-state index contributed by atoms with van der Waals surface area (Å²) in [6.45, 7) is -8.30. The molecule has 25 heteroatoms. The molecule has 2 unspecified atom stereocenters. The topological polar surface area (TPSA) is 286 Å². The van der Waals surface area contributed by atoms with E-state index in [1.54, 1.807) is 6.92 Å². The van der Waals surface area contributed by atoms with E-state index in [1.807, 2.05) is 0 Å². The van der Waals surface area contributed by atoms with Gasteiger partial charge >= 0.3 is 6.72 Å². The Balaban J connectivity index is 1.18. The van der Waals surface area contributed by atoms with E-state index in [2.05, 4.69) is 29.9 Å². The second-order valence-corrected chi connectivity index (χ2v) is 16.0. The molecule has 21 nitrogen and oxygen atoms in total. The van der Waals surface area contributed by atoms with Crippen LogP contribution in [0, 0.1) is 6.92 Å². The highest BCUT2D eigenvalue weighted by molar-refractivity contribution is 8.32. The van der Waals surface area contributed by atoms with Gasteiger partial charge in [-0.2, -0.15) is 4.98 Å². The second kappa shape index (κ2) is 11.5. The molecule has 0 saturated carbocycles. The van der Waals surface area contributed by atoms with Crippen LogP contribution in [0.4, 0.5) is 5.95 Å². The van der Waals surface area contributed by atoms with Gasteiger partial charge in [0, 0.05) is 0 Å². The maximum atomic E-state index is 13.4. The third-order valence-electron chi connectivity index (χ3n) is 7.47. The van der Waals surface area contributed by atoms with Crippen LogP contribution in [0.3, 0.4) is 0 Å². The molecule has 3 fully saturated rings. The number of imidazole rings is 2. The third kappa shape index (κ3) is 5.64. The van der Waals surface area contributed by atoms with Gasteiger partial charge in [0.05, 0.1) is 25.9 Å². The molecular formula is C21H24N9O12P2S2-. The summed E-state index contributed by atoms with van der Waals surface area (Å²) < 4.78 is 50.0. The van der Waals surface area contributed by atoms with Crippen molar-refractivity contribution < 1.29 is 47.2 Å². The van der Waals surface area contributed by atoms with Crippen molar-refractivity contribution in [1.82, 2.24) is 39.0 Å². The molecule has 10 atom stereocenters. The van der Waals surface area contributed by atoms with E-state index in [0.29, 0.717) is 0 Å².